The normalized spacial score (nSPS) is 12.1. The standard InChI is InChI=1S/C13H19N3O4/c1-8(2)7-10(13(17)20-4)15-12-6-5-11(16(18)19)9(3)14-12/h5-6,8,10H,7H2,1-4H3,(H,14,15). The van der Waals surface area contributed by atoms with Crippen LogP contribution in [0.25, 0.3) is 0 Å². The Morgan fingerprint density at radius 1 is 1.50 bits per heavy atom. The van der Waals surface area contributed by atoms with Crippen LogP contribution in [0.4, 0.5) is 11.5 Å². The number of nitro groups is 1. The Labute approximate surface area is 117 Å². The van der Waals surface area contributed by atoms with E-state index in [9.17, 15) is 14.9 Å². The molecule has 1 atom stereocenters. The van der Waals surface area contributed by atoms with E-state index in [1.807, 2.05) is 13.8 Å². The molecular weight excluding hydrogens is 262 g/mol. The van der Waals surface area contributed by atoms with E-state index in [1.54, 1.807) is 6.92 Å². The molecule has 1 rings (SSSR count). The molecule has 1 unspecified atom stereocenters. The molecule has 0 spiro atoms. The van der Waals surface area contributed by atoms with Crippen LogP contribution < -0.4 is 5.32 Å². The lowest BCUT2D eigenvalue weighted by atomic mass is 10.0. The average molecular weight is 281 g/mol. The van der Waals surface area contributed by atoms with Gasteiger partial charge >= 0.3 is 5.97 Å². The second-order valence-electron chi connectivity index (χ2n) is 4.91. The number of nitrogens with zero attached hydrogens (tertiary/aromatic N) is 2. The van der Waals surface area contributed by atoms with Gasteiger partial charge in [0, 0.05) is 6.07 Å². The van der Waals surface area contributed by atoms with E-state index in [4.69, 9.17) is 4.74 Å². The Morgan fingerprint density at radius 3 is 2.60 bits per heavy atom. The van der Waals surface area contributed by atoms with E-state index in [0.29, 0.717) is 23.9 Å². The number of hydrogen-bond acceptors (Lipinski definition) is 6. The largest absolute Gasteiger partial charge is 0.467 e. The Balaban J connectivity index is 2.91. The van der Waals surface area contributed by atoms with Crippen molar-refractivity contribution in [3.63, 3.8) is 0 Å². The van der Waals surface area contributed by atoms with Crippen LogP contribution in [0, 0.1) is 23.0 Å². The quantitative estimate of drug-likeness (QED) is 0.488. The van der Waals surface area contributed by atoms with E-state index in [-0.39, 0.29) is 11.7 Å². The monoisotopic (exact) mass is 281 g/mol. The van der Waals surface area contributed by atoms with Gasteiger partial charge in [-0.2, -0.15) is 0 Å². The van der Waals surface area contributed by atoms with Gasteiger partial charge in [-0.05, 0) is 25.3 Å². The van der Waals surface area contributed by atoms with Crippen molar-refractivity contribution < 1.29 is 14.5 Å². The summed E-state index contributed by atoms with van der Waals surface area (Å²) in [7, 11) is 1.33. The molecule has 7 heteroatoms. The van der Waals surface area contributed by atoms with E-state index in [0.717, 1.165) is 0 Å². The lowest BCUT2D eigenvalue weighted by Gasteiger charge is -2.18. The van der Waals surface area contributed by atoms with Gasteiger partial charge in [0.2, 0.25) is 0 Å². The van der Waals surface area contributed by atoms with Crippen molar-refractivity contribution >= 4 is 17.5 Å². The zero-order valence-corrected chi connectivity index (χ0v) is 12.0. The van der Waals surface area contributed by atoms with Gasteiger partial charge in [0.15, 0.2) is 0 Å². The van der Waals surface area contributed by atoms with E-state index < -0.39 is 11.0 Å². The molecule has 7 nitrogen and oxygen atoms in total. The van der Waals surface area contributed by atoms with Crippen molar-refractivity contribution in [2.45, 2.75) is 33.2 Å². The van der Waals surface area contributed by atoms with E-state index in [1.165, 1.54) is 19.2 Å². The lowest BCUT2D eigenvalue weighted by Crippen LogP contribution is -2.32. The molecular formula is C13H19N3O4. The van der Waals surface area contributed by atoms with Gasteiger partial charge in [0.1, 0.15) is 17.6 Å². The van der Waals surface area contributed by atoms with Crippen molar-refractivity contribution in [2.75, 3.05) is 12.4 Å². The first-order chi connectivity index (χ1) is 9.35. The number of carbonyl (C=O) groups excluding carboxylic acids is 1. The van der Waals surface area contributed by atoms with Crippen LogP contribution in [0.5, 0.6) is 0 Å². The minimum atomic E-state index is -0.520. The first kappa shape index (κ1) is 15.9. The van der Waals surface area contributed by atoms with Gasteiger partial charge < -0.3 is 10.1 Å². The molecule has 0 aliphatic heterocycles. The molecule has 0 bridgehead atoms. The zero-order chi connectivity index (χ0) is 15.3. The highest BCUT2D eigenvalue weighted by Crippen LogP contribution is 2.19. The molecule has 0 amide bonds. The smallest absolute Gasteiger partial charge is 0.328 e. The number of nitrogens with one attached hydrogen (secondary N) is 1. The summed E-state index contributed by atoms with van der Waals surface area (Å²) < 4.78 is 4.74. The number of aryl methyl sites for hydroxylation is 1. The molecule has 1 N–H and O–H groups in total. The summed E-state index contributed by atoms with van der Waals surface area (Å²) in [5.74, 6) is 0.339. The lowest BCUT2D eigenvalue weighted by molar-refractivity contribution is -0.385. The number of ether oxygens (including phenoxy) is 1. The number of anilines is 1. The van der Waals surface area contributed by atoms with Crippen LogP contribution >= 0.6 is 0 Å². The molecule has 110 valence electrons. The fraction of sp³-hybridized carbons (Fsp3) is 0.538. The second kappa shape index (κ2) is 6.83. The molecule has 1 aromatic heterocycles. The predicted octanol–water partition coefficient (Wildman–Crippen LogP) is 2.30. The van der Waals surface area contributed by atoms with Crippen LogP contribution in [0.1, 0.15) is 26.0 Å². The SMILES string of the molecule is COC(=O)C(CC(C)C)Nc1ccc([N+](=O)[O-])c(C)n1. The van der Waals surface area contributed by atoms with Crippen molar-refractivity contribution in [3.8, 4) is 0 Å². The molecule has 0 aromatic carbocycles. The van der Waals surface area contributed by atoms with Crippen LogP contribution in [0.2, 0.25) is 0 Å². The summed E-state index contributed by atoms with van der Waals surface area (Å²) in [6.45, 7) is 5.54. The summed E-state index contributed by atoms with van der Waals surface area (Å²) in [4.78, 5) is 26.0. The molecule has 0 radical (unpaired) electrons. The zero-order valence-electron chi connectivity index (χ0n) is 12.0. The topological polar surface area (TPSA) is 94.4 Å². The number of pyridine rings is 1. The molecule has 0 saturated heterocycles. The van der Waals surface area contributed by atoms with Crippen molar-refractivity contribution in [3.05, 3.63) is 27.9 Å². The van der Waals surface area contributed by atoms with Gasteiger partial charge in [-0.3, -0.25) is 10.1 Å². The molecule has 0 saturated carbocycles. The average Bonchev–Trinajstić information content (AvgIpc) is 2.36. The van der Waals surface area contributed by atoms with Gasteiger partial charge in [-0.1, -0.05) is 13.8 Å². The molecule has 1 aromatic rings. The third-order valence-electron chi connectivity index (χ3n) is 2.77. The maximum absolute atomic E-state index is 11.7. The highest BCUT2D eigenvalue weighted by Gasteiger charge is 2.21. The predicted molar refractivity (Wildman–Crippen MR) is 74.5 cm³/mol. The number of aromatic nitrogens is 1. The number of carbonyl (C=O) groups is 1. The van der Waals surface area contributed by atoms with Gasteiger partial charge in [0.05, 0.1) is 12.0 Å². The molecule has 20 heavy (non-hydrogen) atoms. The maximum Gasteiger partial charge on any atom is 0.328 e. The maximum atomic E-state index is 11.7. The summed E-state index contributed by atoms with van der Waals surface area (Å²) >= 11 is 0. The van der Waals surface area contributed by atoms with Crippen LogP contribution in [-0.2, 0) is 9.53 Å². The van der Waals surface area contributed by atoms with Crippen LogP contribution in [0.3, 0.4) is 0 Å². The first-order valence-corrected chi connectivity index (χ1v) is 6.31. The summed E-state index contributed by atoms with van der Waals surface area (Å²) in [6, 6.07) is 2.34. The minimum Gasteiger partial charge on any atom is -0.467 e. The number of rotatable bonds is 6. The Morgan fingerprint density at radius 2 is 2.15 bits per heavy atom. The highest BCUT2D eigenvalue weighted by molar-refractivity contribution is 5.78. The van der Waals surface area contributed by atoms with E-state index in [2.05, 4.69) is 10.3 Å². The number of esters is 1. The van der Waals surface area contributed by atoms with Crippen LogP contribution in [-0.4, -0.2) is 29.0 Å². The third-order valence-corrected chi connectivity index (χ3v) is 2.77. The second-order valence-corrected chi connectivity index (χ2v) is 4.91. The molecule has 0 fully saturated rings. The molecule has 0 aliphatic carbocycles. The first-order valence-electron chi connectivity index (χ1n) is 6.31. The van der Waals surface area contributed by atoms with Gasteiger partial charge in [-0.15, -0.1) is 0 Å². The number of methoxy groups -OCH3 is 1. The van der Waals surface area contributed by atoms with Crippen molar-refractivity contribution in [1.29, 1.82) is 0 Å². The van der Waals surface area contributed by atoms with Crippen LogP contribution in [0.15, 0.2) is 12.1 Å². The van der Waals surface area contributed by atoms with Gasteiger partial charge in [-0.25, -0.2) is 9.78 Å². The Kier molecular flexibility index (Phi) is 5.42. The Bertz CT molecular complexity index is 502. The fourth-order valence-corrected chi connectivity index (χ4v) is 1.83. The fourth-order valence-electron chi connectivity index (χ4n) is 1.83. The Hall–Kier alpha value is -2.18. The van der Waals surface area contributed by atoms with Crippen molar-refractivity contribution in [1.82, 2.24) is 4.98 Å². The molecule has 0 aliphatic rings. The third kappa shape index (κ3) is 4.18. The van der Waals surface area contributed by atoms with Crippen molar-refractivity contribution in [2.24, 2.45) is 5.92 Å². The summed E-state index contributed by atoms with van der Waals surface area (Å²) in [5, 5.41) is 13.7. The van der Waals surface area contributed by atoms with E-state index >= 15 is 0 Å². The molecule has 1 heterocycles. The number of hydrogen-bond donors (Lipinski definition) is 1. The highest BCUT2D eigenvalue weighted by atomic mass is 16.6. The summed E-state index contributed by atoms with van der Waals surface area (Å²) in [6.07, 6.45) is 0.588. The summed E-state index contributed by atoms with van der Waals surface area (Å²) in [5.41, 5.74) is 0.252. The van der Waals surface area contributed by atoms with Gasteiger partial charge in [0.25, 0.3) is 5.69 Å². The minimum absolute atomic E-state index is 0.0472.